The molecule has 0 bridgehead atoms. The summed E-state index contributed by atoms with van der Waals surface area (Å²) in [7, 11) is -1.40. The lowest BCUT2D eigenvalue weighted by Crippen LogP contribution is -2.32. The summed E-state index contributed by atoms with van der Waals surface area (Å²) in [6.07, 6.45) is -0.190. The van der Waals surface area contributed by atoms with E-state index >= 15 is 0 Å². The van der Waals surface area contributed by atoms with Gasteiger partial charge in [0, 0.05) is 11.6 Å². The van der Waals surface area contributed by atoms with Crippen molar-refractivity contribution in [1.82, 2.24) is 10.0 Å². The lowest BCUT2D eigenvalue weighted by molar-refractivity contribution is -0.141. The molecule has 31 heavy (non-hydrogen) atoms. The predicted molar refractivity (Wildman–Crippen MR) is 112 cm³/mol. The Bertz CT molecular complexity index is 1040. The Morgan fingerprint density at radius 1 is 1.06 bits per heavy atom. The fourth-order valence-corrected chi connectivity index (χ4v) is 4.29. The number of carbonyl (C=O) groups excluding carboxylic acids is 2. The molecule has 0 aliphatic carbocycles. The molecule has 10 heteroatoms. The first-order valence-corrected chi connectivity index (χ1v) is 10.9. The topological polar surface area (TPSA) is 111 Å². The molecule has 0 aliphatic heterocycles. The van der Waals surface area contributed by atoms with Gasteiger partial charge in [0.05, 0.1) is 26.7 Å². The minimum atomic E-state index is -3.94. The molecular weight excluding hydrogens is 427 g/mol. The molecule has 2 aromatic carbocycles. The first kappa shape index (κ1) is 24.3. The van der Waals surface area contributed by atoms with Crippen LogP contribution in [0.4, 0.5) is 4.39 Å². The highest BCUT2D eigenvalue weighted by molar-refractivity contribution is 7.89. The van der Waals surface area contributed by atoms with Crippen LogP contribution in [-0.4, -0.2) is 40.6 Å². The molecule has 1 amide bonds. The number of sulfonamides is 1. The molecule has 0 heterocycles. The Balaban J connectivity index is 2.38. The summed E-state index contributed by atoms with van der Waals surface area (Å²) in [4.78, 5) is 24.5. The van der Waals surface area contributed by atoms with Crippen LogP contribution in [0.25, 0.3) is 0 Å². The molecule has 168 valence electrons. The molecule has 0 radical (unpaired) electrons. The molecule has 2 rings (SSSR count). The molecule has 2 aromatic rings. The van der Waals surface area contributed by atoms with Gasteiger partial charge in [-0.3, -0.25) is 9.59 Å². The van der Waals surface area contributed by atoms with Crippen LogP contribution < -0.4 is 14.8 Å². The number of benzene rings is 2. The predicted octanol–water partition coefficient (Wildman–Crippen LogP) is 2.56. The SMILES string of the molecule is COC(=O)CC(NC(=O)c1ccc(OC)c(S(=O)(=O)NC(C)C)c1)c1ccc(F)cc1. The number of rotatable bonds is 9. The number of amides is 1. The summed E-state index contributed by atoms with van der Waals surface area (Å²) in [6.45, 7) is 3.33. The molecule has 2 N–H and O–H groups in total. The van der Waals surface area contributed by atoms with Crippen molar-refractivity contribution in [3.63, 3.8) is 0 Å². The largest absolute Gasteiger partial charge is 0.495 e. The molecule has 0 aliphatic rings. The molecule has 8 nitrogen and oxygen atoms in total. The Labute approximate surface area is 180 Å². The van der Waals surface area contributed by atoms with Gasteiger partial charge in [0.25, 0.3) is 5.91 Å². The maximum absolute atomic E-state index is 13.3. The fourth-order valence-electron chi connectivity index (χ4n) is 2.84. The molecule has 0 spiro atoms. The average molecular weight is 453 g/mol. The third kappa shape index (κ3) is 6.50. The quantitative estimate of drug-likeness (QED) is 0.566. The van der Waals surface area contributed by atoms with Gasteiger partial charge in [-0.2, -0.15) is 0 Å². The van der Waals surface area contributed by atoms with Crippen molar-refractivity contribution in [2.75, 3.05) is 14.2 Å². The molecular formula is C21H25FN2O6S. The van der Waals surface area contributed by atoms with Gasteiger partial charge in [-0.25, -0.2) is 17.5 Å². The second-order valence-electron chi connectivity index (χ2n) is 7.00. The molecule has 0 saturated heterocycles. The monoisotopic (exact) mass is 452 g/mol. The second kappa shape index (κ2) is 10.4. The number of methoxy groups -OCH3 is 2. The van der Waals surface area contributed by atoms with Crippen LogP contribution in [0, 0.1) is 5.82 Å². The zero-order chi connectivity index (χ0) is 23.2. The van der Waals surface area contributed by atoms with E-state index in [2.05, 4.69) is 14.8 Å². The van der Waals surface area contributed by atoms with Crippen LogP contribution in [0.5, 0.6) is 5.75 Å². The number of hydrogen-bond acceptors (Lipinski definition) is 6. The van der Waals surface area contributed by atoms with Crippen LogP contribution in [0.3, 0.4) is 0 Å². The Hall–Kier alpha value is -2.98. The summed E-state index contributed by atoms with van der Waals surface area (Å²) in [5, 5.41) is 2.67. The van der Waals surface area contributed by atoms with Crippen molar-refractivity contribution >= 4 is 21.9 Å². The third-order valence-corrected chi connectivity index (χ3v) is 5.96. The highest BCUT2D eigenvalue weighted by Crippen LogP contribution is 2.26. The standard InChI is InChI=1S/C21H25FN2O6S/c1-13(2)24-31(27,28)19-11-15(7-10-18(19)29-3)21(26)23-17(12-20(25)30-4)14-5-8-16(22)9-6-14/h5-11,13,17,24H,12H2,1-4H3,(H,23,26). The van der Waals surface area contributed by atoms with Gasteiger partial charge < -0.3 is 14.8 Å². The first-order chi connectivity index (χ1) is 14.6. The van der Waals surface area contributed by atoms with Crippen molar-refractivity contribution < 1.29 is 31.9 Å². The summed E-state index contributed by atoms with van der Waals surface area (Å²) >= 11 is 0. The van der Waals surface area contributed by atoms with E-state index in [-0.39, 0.29) is 28.7 Å². The zero-order valence-electron chi connectivity index (χ0n) is 17.6. The van der Waals surface area contributed by atoms with Gasteiger partial charge in [-0.1, -0.05) is 12.1 Å². The molecule has 1 unspecified atom stereocenters. The van der Waals surface area contributed by atoms with Gasteiger partial charge in [0.1, 0.15) is 16.5 Å². The Morgan fingerprint density at radius 3 is 2.26 bits per heavy atom. The van der Waals surface area contributed by atoms with E-state index in [0.29, 0.717) is 5.56 Å². The lowest BCUT2D eigenvalue weighted by atomic mass is 10.0. The molecule has 0 aromatic heterocycles. The van der Waals surface area contributed by atoms with Crippen molar-refractivity contribution in [2.24, 2.45) is 0 Å². The number of ether oxygens (including phenoxy) is 2. The number of hydrogen-bond donors (Lipinski definition) is 2. The Kier molecular flexibility index (Phi) is 8.12. The molecule has 1 atom stereocenters. The summed E-state index contributed by atoms with van der Waals surface area (Å²) in [6, 6.07) is 8.10. The van der Waals surface area contributed by atoms with Crippen LogP contribution in [0.2, 0.25) is 0 Å². The fraction of sp³-hybridized carbons (Fsp3) is 0.333. The summed E-state index contributed by atoms with van der Waals surface area (Å²) < 4.78 is 50.8. The average Bonchev–Trinajstić information content (AvgIpc) is 2.72. The van der Waals surface area contributed by atoms with Crippen molar-refractivity contribution in [1.29, 1.82) is 0 Å². The van der Waals surface area contributed by atoms with E-state index in [0.717, 1.165) is 0 Å². The number of carbonyl (C=O) groups is 2. The van der Waals surface area contributed by atoms with E-state index in [1.165, 1.54) is 56.7 Å². The van der Waals surface area contributed by atoms with Gasteiger partial charge in [0.15, 0.2) is 0 Å². The highest BCUT2D eigenvalue weighted by Gasteiger charge is 2.24. The minimum Gasteiger partial charge on any atom is -0.495 e. The van der Waals surface area contributed by atoms with Crippen LogP contribution in [0.15, 0.2) is 47.4 Å². The van der Waals surface area contributed by atoms with Crippen molar-refractivity contribution in [2.45, 2.75) is 37.2 Å². The Morgan fingerprint density at radius 2 is 1.71 bits per heavy atom. The maximum Gasteiger partial charge on any atom is 0.307 e. The minimum absolute atomic E-state index is 0.0434. The van der Waals surface area contributed by atoms with Crippen molar-refractivity contribution in [3.8, 4) is 5.75 Å². The number of esters is 1. The van der Waals surface area contributed by atoms with E-state index in [4.69, 9.17) is 4.74 Å². The maximum atomic E-state index is 13.3. The van der Waals surface area contributed by atoms with Gasteiger partial charge >= 0.3 is 5.97 Å². The summed E-state index contributed by atoms with van der Waals surface area (Å²) in [5.74, 6) is -1.58. The van der Waals surface area contributed by atoms with Crippen LogP contribution >= 0.6 is 0 Å². The van der Waals surface area contributed by atoms with Gasteiger partial charge in [0.2, 0.25) is 10.0 Å². The van der Waals surface area contributed by atoms with Crippen LogP contribution in [0.1, 0.15) is 42.2 Å². The number of nitrogens with one attached hydrogen (secondary N) is 2. The van der Waals surface area contributed by atoms with E-state index < -0.39 is 33.8 Å². The van der Waals surface area contributed by atoms with E-state index in [1.54, 1.807) is 13.8 Å². The first-order valence-electron chi connectivity index (χ1n) is 9.41. The lowest BCUT2D eigenvalue weighted by Gasteiger charge is -2.19. The van der Waals surface area contributed by atoms with Crippen LogP contribution in [-0.2, 0) is 19.6 Å². The number of halogens is 1. The zero-order valence-corrected chi connectivity index (χ0v) is 18.5. The van der Waals surface area contributed by atoms with Gasteiger partial charge in [-0.15, -0.1) is 0 Å². The normalized spacial score (nSPS) is 12.3. The second-order valence-corrected chi connectivity index (χ2v) is 8.68. The smallest absolute Gasteiger partial charge is 0.307 e. The third-order valence-electron chi connectivity index (χ3n) is 4.28. The van der Waals surface area contributed by atoms with Crippen molar-refractivity contribution in [3.05, 3.63) is 59.4 Å². The molecule has 0 saturated carbocycles. The molecule has 0 fully saturated rings. The van der Waals surface area contributed by atoms with E-state index in [9.17, 15) is 22.4 Å². The summed E-state index contributed by atoms with van der Waals surface area (Å²) in [5.41, 5.74) is 0.532. The van der Waals surface area contributed by atoms with E-state index in [1.807, 2.05) is 0 Å². The van der Waals surface area contributed by atoms with Gasteiger partial charge in [-0.05, 0) is 49.7 Å². The highest BCUT2D eigenvalue weighted by atomic mass is 32.2.